The first-order valence-electron chi connectivity index (χ1n) is 10.1. The molecule has 0 saturated carbocycles. The van der Waals surface area contributed by atoms with Crippen LogP contribution in [0.25, 0.3) is 16.6 Å². The Labute approximate surface area is 178 Å². The molecule has 0 aliphatic rings. The van der Waals surface area contributed by atoms with Gasteiger partial charge in [0.05, 0.1) is 23.1 Å². The summed E-state index contributed by atoms with van der Waals surface area (Å²) in [5.74, 6) is -0.362. The van der Waals surface area contributed by atoms with E-state index in [1.807, 2.05) is 25.1 Å². The average Bonchev–Trinajstić information content (AvgIpc) is 2.82. The van der Waals surface area contributed by atoms with Crippen molar-refractivity contribution >= 4 is 16.7 Å². The van der Waals surface area contributed by atoms with Gasteiger partial charge in [-0.3, -0.25) is 14.2 Å². The maximum Gasteiger partial charge on any atom is 0.336 e. The first-order chi connectivity index (χ1) is 15.0. The number of aromatic nitrogens is 2. The molecule has 1 aromatic heterocycles. The zero-order valence-corrected chi connectivity index (χ0v) is 17.1. The fourth-order valence-corrected chi connectivity index (χ4v) is 3.78. The lowest BCUT2D eigenvalue weighted by Gasteiger charge is -2.16. The third-order valence-electron chi connectivity index (χ3n) is 5.42. The number of carbonyl (C=O) groups is 1. The summed E-state index contributed by atoms with van der Waals surface area (Å²) in [7, 11) is 0. The second-order valence-corrected chi connectivity index (χ2v) is 7.29. The molecule has 0 amide bonds. The highest BCUT2D eigenvalue weighted by molar-refractivity contribution is 5.96. The molecular weight excluding hydrogens is 392 g/mol. The first kappa shape index (κ1) is 20.5. The van der Waals surface area contributed by atoms with Crippen molar-refractivity contribution in [3.63, 3.8) is 0 Å². The van der Waals surface area contributed by atoms with Crippen LogP contribution in [0.2, 0.25) is 0 Å². The molecule has 0 aliphatic heterocycles. The number of aliphatic hydroxyl groups is 1. The van der Waals surface area contributed by atoms with Crippen LogP contribution in [-0.4, -0.2) is 26.6 Å². The van der Waals surface area contributed by atoms with Gasteiger partial charge in [0.1, 0.15) is 6.61 Å². The molecule has 0 atom stereocenters. The van der Waals surface area contributed by atoms with Gasteiger partial charge in [-0.25, -0.2) is 9.36 Å². The average molecular weight is 414 g/mol. The Morgan fingerprint density at radius 2 is 1.58 bits per heavy atom. The molecule has 4 rings (SSSR count). The van der Waals surface area contributed by atoms with E-state index >= 15 is 0 Å². The lowest BCUT2D eigenvalue weighted by molar-refractivity contribution is 0.0903. The van der Waals surface area contributed by atoms with Crippen molar-refractivity contribution in [2.45, 2.75) is 19.9 Å². The molecule has 1 heterocycles. The summed E-state index contributed by atoms with van der Waals surface area (Å²) in [5, 5.41) is 9.49. The third kappa shape index (κ3) is 3.73. The Balaban J connectivity index is 1.92. The van der Waals surface area contributed by atoms with E-state index < -0.39 is 12.3 Å². The van der Waals surface area contributed by atoms with Crippen LogP contribution < -0.4 is 11.2 Å². The van der Waals surface area contributed by atoms with Crippen molar-refractivity contribution in [2.75, 3.05) is 6.61 Å². The lowest BCUT2D eigenvalue weighted by Crippen LogP contribution is -2.39. The summed E-state index contributed by atoms with van der Waals surface area (Å²) in [5.41, 5.74) is 2.50. The minimum absolute atomic E-state index is 0.238. The molecule has 31 heavy (non-hydrogen) atoms. The SMILES string of the molecule is CCc1ccccc1-n1c(=O)c2ccccc2n(Cc2ccc(C(=O)CO)cc2)c1=O. The van der Waals surface area contributed by atoms with Gasteiger partial charge in [-0.2, -0.15) is 0 Å². The molecular formula is C25H22N2O4. The maximum atomic E-state index is 13.5. The number of benzene rings is 3. The van der Waals surface area contributed by atoms with Crippen LogP contribution in [0.15, 0.2) is 82.4 Å². The summed E-state index contributed by atoms with van der Waals surface area (Å²) in [6, 6.07) is 21.2. The summed E-state index contributed by atoms with van der Waals surface area (Å²) in [6.07, 6.45) is 0.690. The Bertz CT molecular complexity index is 1380. The Morgan fingerprint density at radius 3 is 2.29 bits per heavy atom. The molecule has 0 unspecified atom stereocenters. The third-order valence-corrected chi connectivity index (χ3v) is 5.42. The second-order valence-electron chi connectivity index (χ2n) is 7.29. The second kappa shape index (κ2) is 8.53. The van der Waals surface area contributed by atoms with Crippen molar-refractivity contribution in [3.8, 4) is 5.69 Å². The number of fused-ring (bicyclic) bond motifs is 1. The normalized spacial score (nSPS) is 11.0. The van der Waals surface area contributed by atoms with Crippen LogP contribution in [-0.2, 0) is 13.0 Å². The highest BCUT2D eigenvalue weighted by atomic mass is 16.3. The molecule has 0 fully saturated rings. The van der Waals surface area contributed by atoms with Crippen molar-refractivity contribution in [1.29, 1.82) is 0 Å². The zero-order chi connectivity index (χ0) is 22.0. The smallest absolute Gasteiger partial charge is 0.336 e. The Hall–Kier alpha value is -3.77. The summed E-state index contributed by atoms with van der Waals surface area (Å²) in [6.45, 7) is 1.67. The number of aliphatic hydroxyl groups excluding tert-OH is 1. The van der Waals surface area contributed by atoms with Gasteiger partial charge >= 0.3 is 5.69 Å². The van der Waals surface area contributed by atoms with Gasteiger partial charge in [0.15, 0.2) is 5.78 Å². The van der Waals surface area contributed by atoms with Crippen LogP contribution in [0, 0.1) is 0 Å². The highest BCUT2D eigenvalue weighted by Crippen LogP contribution is 2.16. The van der Waals surface area contributed by atoms with E-state index in [-0.39, 0.29) is 17.9 Å². The summed E-state index contributed by atoms with van der Waals surface area (Å²) >= 11 is 0. The van der Waals surface area contributed by atoms with Crippen LogP contribution in [0.4, 0.5) is 0 Å². The monoisotopic (exact) mass is 414 g/mol. The van der Waals surface area contributed by atoms with Crippen LogP contribution in [0.1, 0.15) is 28.4 Å². The van der Waals surface area contributed by atoms with Gasteiger partial charge in [0, 0.05) is 5.56 Å². The predicted molar refractivity (Wildman–Crippen MR) is 120 cm³/mol. The van der Waals surface area contributed by atoms with Crippen molar-refractivity contribution in [2.24, 2.45) is 0 Å². The standard InChI is InChI=1S/C25H22N2O4/c1-2-18-7-3-5-9-21(18)27-24(30)20-8-4-6-10-22(20)26(25(27)31)15-17-11-13-19(14-12-17)23(29)16-28/h3-14,28H,2,15-16H2,1H3. The van der Waals surface area contributed by atoms with E-state index in [9.17, 15) is 14.4 Å². The van der Waals surface area contributed by atoms with Crippen LogP contribution >= 0.6 is 0 Å². The fourth-order valence-electron chi connectivity index (χ4n) is 3.78. The molecule has 6 heteroatoms. The van der Waals surface area contributed by atoms with E-state index in [1.54, 1.807) is 59.2 Å². The van der Waals surface area contributed by atoms with E-state index in [1.165, 1.54) is 4.57 Å². The number of hydrogen-bond donors (Lipinski definition) is 1. The topological polar surface area (TPSA) is 81.3 Å². The van der Waals surface area contributed by atoms with Gasteiger partial charge < -0.3 is 5.11 Å². The van der Waals surface area contributed by atoms with E-state index in [4.69, 9.17) is 5.11 Å². The number of ketones is 1. The Kier molecular flexibility index (Phi) is 5.64. The Morgan fingerprint density at radius 1 is 0.903 bits per heavy atom. The van der Waals surface area contributed by atoms with Gasteiger partial charge in [-0.15, -0.1) is 0 Å². The number of hydrogen-bond acceptors (Lipinski definition) is 4. The molecule has 0 saturated heterocycles. The molecule has 4 aromatic rings. The number of nitrogens with zero attached hydrogens (tertiary/aromatic N) is 2. The predicted octanol–water partition coefficient (Wildman–Crippen LogP) is 2.94. The molecule has 3 aromatic carbocycles. The molecule has 156 valence electrons. The largest absolute Gasteiger partial charge is 0.388 e. The van der Waals surface area contributed by atoms with Crippen LogP contribution in [0.3, 0.4) is 0 Å². The highest BCUT2D eigenvalue weighted by Gasteiger charge is 2.16. The fraction of sp³-hybridized carbons (Fsp3) is 0.160. The lowest BCUT2D eigenvalue weighted by atomic mass is 10.1. The molecule has 0 spiro atoms. The van der Waals surface area contributed by atoms with Gasteiger partial charge in [0.25, 0.3) is 5.56 Å². The first-order valence-corrected chi connectivity index (χ1v) is 10.1. The summed E-state index contributed by atoms with van der Waals surface area (Å²) < 4.78 is 2.82. The number of Topliss-reactive ketones (excluding diaryl/α,β-unsaturated/α-hetero) is 1. The molecule has 0 radical (unpaired) electrons. The van der Waals surface area contributed by atoms with E-state index in [0.717, 1.165) is 11.1 Å². The van der Waals surface area contributed by atoms with Gasteiger partial charge in [0.2, 0.25) is 0 Å². The molecule has 1 N–H and O–H groups in total. The van der Waals surface area contributed by atoms with Gasteiger partial charge in [-0.05, 0) is 35.7 Å². The zero-order valence-electron chi connectivity index (χ0n) is 17.1. The minimum Gasteiger partial charge on any atom is -0.388 e. The maximum absolute atomic E-state index is 13.5. The van der Waals surface area contributed by atoms with Crippen molar-refractivity contribution in [1.82, 2.24) is 9.13 Å². The van der Waals surface area contributed by atoms with Crippen LogP contribution in [0.5, 0.6) is 0 Å². The number of rotatable bonds is 6. The van der Waals surface area contributed by atoms with E-state index in [0.29, 0.717) is 28.6 Å². The number of carbonyl (C=O) groups excluding carboxylic acids is 1. The molecule has 0 aliphatic carbocycles. The number of aryl methyl sites for hydroxylation is 1. The quantitative estimate of drug-likeness (QED) is 0.492. The molecule has 6 nitrogen and oxygen atoms in total. The van der Waals surface area contributed by atoms with E-state index in [2.05, 4.69) is 0 Å². The number of para-hydroxylation sites is 2. The minimum atomic E-state index is -0.550. The van der Waals surface area contributed by atoms with Gasteiger partial charge in [-0.1, -0.05) is 61.5 Å². The summed E-state index contributed by atoms with van der Waals surface area (Å²) in [4.78, 5) is 38.5. The molecule has 0 bridgehead atoms. The van der Waals surface area contributed by atoms with Crippen molar-refractivity contribution < 1.29 is 9.90 Å². The van der Waals surface area contributed by atoms with Crippen molar-refractivity contribution in [3.05, 3.63) is 110 Å².